The Bertz CT molecular complexity index is 847. The van der Waals surface area contributed by atoms with Gasteiger partial charge in [-0.1, -0.05) is 13.0 Å². The lowest BCUT2D eigenvalue weighted by Crippen LogP contribution is -2.63. The molecule has 146 valence electrons. The second-order valence-electron chi connectivity index (χ2n) is 8.77. The van der Waals surface area contributed by atoms with Crippen molar-refractivity contribution >= 4 is 11.6 Å². The number of aryl methyl sites for hydroxylation is 1. The van der Waals surface area contributed by atoms with Crippen LogP contribution in [0.3, 0.4) is 0 Å². The Kier molecular flexibility index (Phi) is 3.87. The largest absolute Gasteiger partial charge is 0.508 e. The first kappa shape index (κ1) is 18.6. The average Bonchev–Trinajstić information content (AvgIpc) is 2.89. The number of rotatable bonds is 2. The molecule has 3 aliphatic carbocycles. The minimum absolute atomic E-state index is 0.0838. The van der Waals surface area contributed by atoms with Gasteiger partial charge in [-0.05, 0) is 55.7 Å². The highest BCUT2D eigenvalue weighted by atomic mass is 16.3. The molecule has 0 bridgehead atoms. The van der Waals surface area contributed by atoms with Gasteiger partial charge in [0.25, 0.3) is 0 Å². The van der Waals surface area contributed by atoms with Crippen molar-refractivity contribution in [2.75, 3.05) is 6.61 Å². The van der Waals surface area contributed by atoms with E-state index in [4.69, 9.17) is 0 Å². The molecular weight excluding hydrogens is 348 g/mol. The minimum Gasteiger partial charge on any atom is -0.508 e. The van der Waals surface area contributed by atoms with Crippen LogP contribution in [0.15, 0.2) is 12.1 Å². The molecule has 0 aromatic heterocycles. The molecule has 0 saturated heterocycles. The second kappa shape index (κ2) is 5.63. The maximum atomic E-state index is 13.3. The Hall–Kier alpha value is -1.76. The fourth-order valence-corrected chi connectivity index (χ4v) is 6.27. The van der Waals surface area contributed by atoms with Crippen molar-refractivity contribution in [3.63, 3.8) is 0 Å². The van der Waals surface area contributed by atoms with Crippen LogP contribution < -0.4 is 0 Å². The smallest absolute Gasteiger partial charge is 0.190 e. The monoisotopic (exact) mass is 374 g/mol. The third-order valence-corrected chi connectivity index (χ3v) is 7.77. The normalized spacial score (nSPS) is 40.3. The van der Waals surface area contributed by atoms with Gasteiger partial charge in [-0.3, -0.25) is 9.59 Å². The fraction of sp³-hybridized carbons (Fsp3) is 0.619. The van der Waals surface area contributed by atoms with E-state index in [1.165, 1.54) is 6.07 Å². The first-order chi connectivity index (χ1) is 12.6. The molecule has 2 unspecified atom stereocenters. The maximum absolute atomic E-state index is 13.3. The van der Waals surface area contributed by atoms with Crippen molar-refractivity contribution in [3.05, 3.63) is 28.8 Å². The Balaban J connectivity index is 1.87. The van der Waals surface area contributed by atoms with Crippen LogP contribution in [0.25, 0.3) is 0 Å². The number of benzene rings is 1. The predicted molar refractivity (Wildman–Crippen MR) is 96.0 cm³/mol. The Labute approximate surface area is 157 Å². The van der Waals surface area contributed by atoms with Crippen LogP contribution in [-0.2, 0) is 21.6 Å². The lowest BCUT2D eigenvalue weighted by Gasteiger charge is -2.55. The second-order valence-corrected chi connectivity index (χ2v) is 8.77. The number of aliphatic hydroxyl groups is 3. The molecule has 0 spiro atoms. The molecule has 0 radical (unpaired) electrons. The van der Waals surface area contributed by atoms with E-state index in [0.717, 1.165) is 11.1 Å². The average molecular weight is 374 g/mol. The van der Waals surface area contributed by atoms with Crippen molar-refractivity contribution in [1.29, 1.82) is 0 Å². The molecule has 1 aromatic rings. The molecule has 4 rings (SSSR count). The van der Waals surface area contributed by atoms with Crippen LogP contribution in [0.1, 0.15) is 49.3 Å². The van der Waals surface area contributed by atoms with Crippen LogP contribution in [0.5, 0.6) is 5.75 Å². The van der Waals surface area contributed by atoms with Gasteiger partial charge in [0.15, 0.2) is 17.2 Å². The first-order valence-corrected chi connectivity index (χ1v) is 9.55. The molecule has 0 heterocycles. The zero-order chi connectivity index (χ0) is 19.8. The summed E-state index contributed by atoms with van der Waals surface area (Å²) in [7, 11) is 0. The molecule has 3 aliphatic rings. The first-order valence-electron chi connectivity index (χ1n) is 9.55. The van der Waals surface area contributed by atoms with E-state index < -0.39 is 40.7 Å². The van der Waals surface area contributed by atoms with Crippen molar-refractivity contribution in [3.8, 4) is 5.75 Å². The summed E-state index contributed by atoms with van der Waals surface area (Å²) in [5, 5.41) is 42.5. The number of phenols is 1. The summed E-state index contributed by atoms with van der Waals surface area (Å²) in [6.07, 6.45) is 1.65. The molecule has 6 nitrogen and oxygen atoms in total. The fourth-order valence-electron chi connectivity index (χ4n) is 6.27. The predicted octanol–water partition coefficient (Wildman–Crippen LogP) is 1.13. The molecule has 2 saturated carbocycles. The molecule has 0 aliphatic heterocycles. The number of Topliss-reactive ketones (excluding diaryl/α,β-unsaturated/α-hetero) is 2. The number of carbonyl (C=O) groups is 2. The number of hydrogen-bond acceptors (Lipinski definition) is 6. The van der Waals surface area contributed by atoms with E-state index in [1.807, 2.05) is 6.92 Å². The van der Waals surface area contributed by atoms with Gasteiger partial charge in [0.2, 0.25) is 0 Å². The lowest BCUT2D eigenvalue weighted by molar-refractivity contribution is -0.187. The third kappa shape index (κ3) is 2.06. The van der Waals surface area contributed by atoms with Gasteiger partial charge in [0.05, 0.1) is 0 Å². The number of ketones is 2. The standard InChI is InChI=1S/C21H26O6/c1-11-3-6-15(23)18-12(11)4-5-14-13-7-8-20(26,17(25)10-22)19(13,2)9-16(24)21(14,18)27/h3,6,13-14,22-23,26-27H,4-5,7-10H2,1-2H3/t13?,14?,19-,20-,21+/m0/s1. The van der Waals surface area contributed by atoms with E-state index in [2.05, 4.69) is 0 Å². The summed E-state index contributed by atoms with van der Waals surface area (Å²) in [4.78, 5) is 25.6. The summed E-state index contributed by atoms with van der Waals surface area (Å²) >= 11 is 0. The van der Waals surface area contributed by atoms with Gasteiger partial charge in [-0.15, -0.1) is 0 Å². The van der Waals surface area contributed by atoms with Gasteiger partial charge < -0.3 is 20.4 Å². The van der Waals surface area contributed by atoms with Gasteiger partial charge in [-0.25, -0.2) is 0 Å². The summed E-state index contributed by atoms with van der Waals surface area (Å²) in [6.45, 7) is 2.85. The molecular formula is C21H26O6. The van der Waals surface area contributed by atoms with E-state index in [1.54, 1.807) is 13.0 Å². The van der Waals surface area contributed by atoms with Crippen molar-refractivity contribution in [2.24, 2.45) is 17.3 Å². The van der Waals surface area contributed by atoms with E-state index >= 15 is 0 Å². The van der Waals surface area contributed by atoms with Crippen molar-refractivity contribution < 1.29 is 30.0 Å². The Morgan fingerprint density at radius 1 is 1.22 bits per heavy atom. The van der Waals surface area contributed by atoms with Gasteiger partial charge in [0, 0.05) is 23.3 Å². The molecule has 5 atom stereocenters. The molecule has 6 heteroatoms. The lowest BCUT2D eigenvalue weighted by atomic mass is 9.50. The number of phenolic OH excluding ortho intramolecular Hbond substituents is 1. The van der Waals surface area contributed by atoms with Crippen LogP contribution in [0, 0.1) is 24.2 Å². The zero-order valence-corrected chi connectivity index (χ0v) is 15.7. The van der Waals surface area contributed by atoms with Crippen LogP contribution in [0.2, 0.25) is 0 Å². The van der Waals surface area contributed by atoms with Crippen LogP contribution in [-0.4, -0.2) is 44.2 Å². The van der Waals surface area contributed by atoms with Gasteiger partial charge in [-0.2, -0.15) is 0 Å². The van der Waals surface area contributed by atoms with Crippen LogP contribution in [0.4, 0.5) is 0 Å². The highest BCUT2D eigenvalue weighted by Gasteiger charge is 2.70. The Morgan fingerprint density at radius 3 is 2.59 bits per heavy atom. The van der Waals surface area contributed by atoms with Gasteiger partial charge in [0.1, 0.15) is 18.0 Å². The Morgan fingerprint density at radius 2 is 1.93 bits per heavy atom. The van der Waals surface area contributed by atoms with Crippen molar-refractivity contribution in [2.45, 2.75) is 57.2 Å². The highest BCUT2D eigenvalue weighted by Crippen LogP contribution is 2.65. The number of aliphatic hydroxyl groups excluding tert-OH is 1. The molecule has 1 aromatic carbocycles. The van der Waals surface area contributed by atoms with Crippen molar-refractivity contribution in [1.82, 2.24) is 0 Å². The van der Waals surface area contributed by atoms with Gasteiger partial charge >= 0.3 is 0 Å². The number of hydrogen-bond donors (Lipinski definition) is 4. The summed E-state index contributed by atoms with van der Waals surface area (Å²) < 4.78 is 0. The molecule has 2 fully saturated rings. The molecule has 0 amide bonds. The van der Waals surface area contributed by atoms with Crippen LogP contribution >= 0.6 is 0 Å². The molecule has 4 N–H and O–H groups in total. The zero-order valence-electron chi connectivity index (χ0n) is 15.7. The third-order valence-electron chi connectivity index (χ3n) is 7.77. The summed E-state index contributed by atoms with van der Waals surface area (Å²) in [5.41, 5.74) is -2.56. The minimum atomic E-state index is -1.80. The summed E-state index contributed by atoms with van der Waals surface area (Å²) in [6, 6.07) is 3.29. The topological polar surface area (TPSA) is 115 Å². The quantitative estimate of drug-likeness (QED) is 0.617. The van der Waals surface area contributed by atoms with E-state index in [-0.39, 0.29) is 24.5 Å². The number of aromatic hydroxyl groups is 1. The summed E-state index contributed by atoms with van der Waals surface area (Å²) in [5.74, 6) is -1.96. The highest BCUT2D eigenvalue weighted by molar-refractivity contribution is 5.95. The number of fused-ring (bicyclic) bond motifs is 5. The number of carbonyl (C=O) groups excluding carboxylic acids is 2. The maximum Gasteiger partial charge on any atom is 0.190 e. The SMILES string of the molecule is Cc1ccc(O)c2c1CCC1C3CC[C@](O)(C(=O)CO)[C@@]3(C)CC(=O)[C@@]21O. The van der Waals surface area contributed by atoms with E-state index in [0.29, 0.717) is 24.8 Å². The van der Waals surface area contributed by atoms with E-state index in [9.17, 15) is 30.0 Å². The molecule has 27 heavy (non-hydrogen) atoms.